The normalized spacial score (nSPS) is 7.60. The largest absolute Gasteiger partial charge is 0.503 e. The molecular formula is C6H14O9. The Bertz CT molecular complexity index is 122. The van der Waals surface area contributed by atoms with Gasteiger partial charge in [0, 0.05) is 6.61 Å². The second-order valence-electron chi connectivity index (χ2n) is 1.60. The molecular weight excluding hydrogens is 216 g/mol. The number of hydrogen-bond donors (Lipinski definition) is 5. The maximum Gasteiger partial charge on any atom is 0.503 e. The van der Waals surface area contributed by atoms with Crippen LogP contribution in [0.15, 0.2) is 0 Å². The third-order valence-electron chi connectivity index (χ3n) is 0.523. The van der Waals surface area contributed by atoms with Crippen LogP contribution in [0.25, 0.3) is 0 Å². The lowest BCUT2D eigenvalue weighted by Gasteiger charge is -1.94. The van der Waals surface area contributed by atoms with E-state index in [9.17, 15) is 0 Å². The zero-order valence-corrected chi connectivity index (χ0v) is 7.99. The predicted molar refractivity (Wildman–Crippen MR) is 46.4 cm³/mol. The quantitative estimate of drug-likeness (QED) is 0.269. The van der Waals surface area contributed by atoms with E-state index in [0.717, 1.165) is 0 Å². The number of ether oxygens (including phenoxy) is 1. The Morgan fingerprint density at radius 2 is 1.33 bits per heavy atom. The molecule has 0 aliphatic carbocycles. The molecule has 0 saturated heterocycles. The van der Waals surface area contributed by atoms with E-state index in [0.29, 0.717) is 13.2 Å². The summed E-state index contributed by atoms with van der Waals surface area (Å²) in [6, 6.07) is 0. The molecule has 0 heterocycles. The molecule has 0 saturated carbocycles. The molecule has 0 fully saturated rings. The Labute approximate surface area is 85.0 Å². The first-order chi connectivity index (χ1) is 6.88. The van der Waals surface area contributed by atoms with Crippen LogP contribution in [0, 0.1) is 0 Å². The van der Waals surface area contributed by atoms with Crippen molar-refractivity contribution in [2.24, 2.45) is 0 Å². The summed E-state index contributed by atoms with van der Waals surface area (Å²) in [5, 5.41) is 35.6. The van der Waals surface area contributed by atoms with Gasteiger partial charge in [-0.15, -0.1) is 0 Å². The lowest BCUT2D eigenvalue weighted by Crippen LogP contribution is -2.00. The Hall–Kier alpha value is -1.58. The van der Waals surface area contributed by atoms with Gasteiger partial charge in [-0.05, 0) is 6.92 Å². The van der Waals surface area contributed by atoms with Gasteiger partial charge in [-0.2, -0.15) is 0 Å². The molecule has 0 bridgehead atoms. The zero-order valence-electron chi connectivity index (χ0n) is 7.99. The van der Waals surface area contributed by atoms with E-state index in [1.807, 2.05) is 6.92 Å². The third-order valence-corrected chi connectivity index (χ3v) is 0.523. The summed E-state index contributed by atoms with van der Waals surface area (Å²) in [5.74, 6) is 0. The van der Waals surface area contributed by atoms with Crippen molar-refractivity contribution < 1.29 is 44.9 Å². The van der Waals surface area contributed by atoms with E-state index in [4.69, 9.17) is 40.0 Å². The summed E-state index contributed by atoms with van der Waals surface area (Å²) in [5.41, 5.74) is 0. The average molecular weight is 230 g/mol. The minimum atomic E-state index is -1.83. The van der Waals surface area contributed by atoms with Gasteiger partial charge in [-0.25, -0.2) is 14.5 Å². The summed E-state index contributed by atoms with van der Waals surface area (Å²) in [6.45, 7) is 3.28. The highest BCUT2D eigenvalue weighted by Gasteiger charge is 1.79. The van der Waals surface area contributed by atoms with Crippen molar-refractivity contribution in [3.63, 3.8) is 0 Å². The molecule has 0 aliphatic rings. The molecule has 9 heteroatoms. The van der Waals surface area contributed by atoms with Crippen molar-refractivity contribution in [3.8, 4) is 0 Å². The van der Waals surface area contributed by atoms with Crippen LogP contribution in [0.1, 0.15) is 6.92 Å². The van der Waals surface area contributed by atoms with E-state index >= 15 is 0 Å². The highest BCUT2D eigenvalue weighted by atomic mass is 17.1. The van der Waals surface area contributed by atoms with Crippen LogP contribution in [0.5, 0.6) is 0 Å². The first kappa shape index (κ1) is 19.1. The molecule has 0 aromatic heterocycles. The fourth-order valence-electron chi connectivity index (χ4n) is 0.241. The van der Waals surface area contributed by atoms with Crippen molar-refractivity contribution in [1.82, 2.24) is 0 Å². The van der Waals surface area contributed by atoms with Gasteiger partial charge < -0.3 is 25.2 Å². The van der Waals surface area contributed by atoms with Crippen LogP contribution < -0.4 is 0 Å². The van der Waals surface area contributed by atoms with Crippen LogP contribution in [0.3, 0.4) is 0 Å². The third kappa shape index (κ3) is 230. The lowest BCUT2D eigenvalue weighted by atomic mass is 10.8. The summed E-state index contributed by atoms with van der Waals surface area (Å²) in [4.78, 5) is 20.8. The van der Waals surface area contributed by atoms with Crippen molar-refractivity contribution in [3.05, 3.63) is 0 Å². The van der Waals surface area contributed by atoms with E-state index in [2.05, 4.69) is 4.89 Å². The maximum atomic E-state index is 8.56. The van der Waals surface area contributed by atoms with Gasteiger partial charge in [-0.1, -0.05) is 0 Å². The SMILES string of the molecule is CCOCCOO.O=C(O)O.O=C(O)O. The molecule has 0 spiro atoms. The van der Waals surface area contributed by atoms with Gasteiger partial charge >= 0.3 is 12.3 Å². The van der Waals surface area contributed by atoms with Crippen molar-refractivity contribution in [1.29, 1.82) is 0 Å². The highest BCUT2D eigenvalue weighted by molar-refractivity contribution is 5.53. The summed E-state index contributed by atoms with van der Waals surface area (Å²) in [7, 11) is 0. The maximum absolute atomic E-state index is 8.56. The molecule has 0 unspecified atom stereocenters. The Morgan fingerprint density at radius 3 is 1.53 bits per heavy atom. The molecule has 15 heavy (non-hydrogen) atoms. The van der Waals surface area contributed by atoms with Gasteiger partial charge in [-0.3, -0.25) is 5.26 Å². The van der Waals surface area contributed by atoms with Crippen molar-refractivity contribution in [2.75, 3.05) is 19.8 Å². The fraction of sp³-hybridized carbons (Fsp3) is 0.667. The van der Waals surface area contributed by atoms with Gasteiger partial charge in [0.05, 0.1) is 6.61 Å². The Balaban J connectivity index is -0.000000155. The predicted octanol–water partition coefficient (Wildman–Crippen LogP) is 0.957. The van der Waals surface area contributed by atoms with Crippen LogP contribution in [0.2, 0.25) is 0 Å². The second-order valence-corrected chi connectivity index (χ2v) is 1.60. The van der Waals surface area contributed by atoms with Crippen molar-refractivity contribution in [2.45, 2.75) is 6.92 Å². The lowest BCUT2D eigenvalue weighted by molar-refractivity contribution is -0.248. The highest BCUT2D eigenvalue weighted by Crippen LogP contribution is 1.71. The molecule has 9 nitrogen and oxygen atoms in total. The smallest absolute Gasteiger partial charge is 0.450 e. The van der Waals surface area contributed by atoms with E-state index in [1.165, 1.54) is 0 Å². The van der Waals surface area contributed by atoms with Gasteiger partial charge in [0.15, 0.2) is 0 Å². The van der Waals surface area contributed by atoms with Gasteiger partial charge in [0.1, 0.15) is 6.61 Å². The Morgan fingerprint density at radius 1 is 1.00 bits per heavy atom. The summed E-state index contributed by atoms with van der Waals surface area (Å²) in [6.07, 6.45) is -3.67. The van der Waals surface area contributed by atoms with Gasteiger partial charge in [0.25, 0.3) is 0 Å². The Kier molecular flexibility index (Phi) is 23.2. The number of hydrogen-bond acceptors (Lipinski definition) is 5. The molecule has 5 N–H and O–H groups in total. The van der Waals surface area contributed by atoms with Crippen LogP contribution >= 0.6 is 0 Å². The molecule has 0 amide bonds. The van der Waals surface area contributed by atoms with Crippen LogP contribution in [-0.4, -0.2) is 57.8 Å². The minimum Gasteiger partial charge on any atom is -0.450 e. The molecule has 0 radical (unpaired) electrons. The number of rotatable bonds is 4. The number of carbonyl (C=O) groups is 2. The number of carboxylic acid groups (broad SMARTS) is 4. The summed E-state index contributed by atoms with van der Waals surface area (Å²) < 4.78 is 4.79. The van der Waals surface area contributed by atoms with Crippen molar-refractivity contribution >= 4 is 12.3 Å². The summed E-state index contributed by atoms with van der Waals surface area (Å²) >= 11 is 0. The van der Waals surface area contributed by atoms with Gasteiger partial charge in [0.2, 0.25) is 0 Å². The molecule has 0 rings (SSSR count). The second kappa shape index (κ2) is 18.3. The fourth-order valence-corrected chi connectivity index (χ4v) is 0.241. The van der Waals surface area contributed by atoms with Crippen LogP contribution in [0.4, 0.5) is 9.59 Å². The first-order valence-electron chi connectivity index (χ1n) is 3.56. The molecule has 0 aromatic carbocycles. The molecule has 92 valence electrons. The first-order valence-corrected chi connectivity index (χ1v) is 3.56. The molecule has 0 aromatic rings. The minimum absolute atomic E-state index is 0.258. The average Bonchev–Trinajstić information content (AvgIpc) is 2.03. The van der Waals surface area contributed by atoms with E-state index in [-0.39, 0.29) is 6.61 Å². The molecule has 0 atom stereocenters. The van der Waals surface area contributed by atoms with E-state index in [1.54, 1.807) is 0 Å². The zero-order chi connectivity index (χ0) is 12.7. The van der Waals surface area contributed by atoms with E-state index < -0.39 is 12.3 Å². The van der Waals surface area contributed by atoms with Crippen LogP contribution in [-0.2, 0) is 9.62 Å². The molecule has 0 aliphatic heterocycles. The monoisotopic (exact) mass is 230 g/mol. The standard InChI is InChI=1S/C4H10O3.2CH2O3/c1-2-6-3-4-7-5;2*2-1(3)4/h5H,2-4H2,1H3;2*(H2,2,3,4). The topological polar surface area (TPSA) is 154 Å².